The molecule has 0 amide bonds. The molecule has 3 heteroatoms. The van der Waals surface area contributed by atoms with E-state index in [4.69, 9.17) is 4.42 Å². The zero-order valence-corrected chi connectivity index (χ0v) is 38.4. The molecule has 0 aliphatic carbocycles. The molecule has 0 aliphatic heterocycles. The van der Waals surface area contributed by atoms with E-state index >= 15 is 0 Å². The average molecular weight is 909 g/mol. The summed E-state index contributed by atoms with van der Waals surface area (Å²) in [5.41, 5.74) is 13.0. The molecule has 12 aromatic carbocycles. The van der Waals surface area contributed by atoms with Crippen LogP contribution >= 0.6 is 0 Å². The number of para-hydroxylation sites is 3. The number of benzene rings is 12. The second kappa shape index (κ2) is 16.7. The second-order valence-electron chi connectivity index (χ2n) is 18.1. The van der Waals surface area contributed by atoms with Crippen molar-refractivity contribution in [2.24, 2.45) is 0 Å². The average Bonchev–Trinajstić information content (AvgIpc) is 4.02. The summed E-state index contributed by atoms with van der Waals surface area (Å²) in [7, 11) is 0. The highest BCUT2D eigenvalue weighted by Crippen LogP contribution is 2.46. The van der Waals surface area contributed by atoms with Crippen LogP contribution in [0.15, 0.2) is 271 Å². The largest absolute Gasteiger partial charge is 0.456 e. The van der Waals surface area contributed by atoms with Crippen LogP contribution in [-0.2, 0) is 0 Å². The van der Waals surface area contributed by atoms with Crippen molar-refractivity contribution in [3.63, 3.8) is 0 Å². The number of hydrogen-bond donors (Lipinski definition) is 0. The molecule has 0 fully saturated rings. The van der Waals surface area contributed by atoms with E-state index in [1.807, 2.05) is 95.9 Å². The van der Waals surface area contributed by atoms with Crippen molar-refractivity contribution in [2.75, 3.05) is 4.90 Å². The van der Waals surface area contributed by atoms with Crippen LogP contribution in [-0.4, -0.2) is 4.57 Å². The van der Waals surface area contributed by atoms with Gasteiger partial charge < -0.3 is 13.9 Å². The van der Waals surface area contributed by atoms with Gasteiger partial charge in [-0.05, 0) is 133 Å². The topological polar surface area (TPSA) is 21.3 Å². The van der Waals surface area contributed by atoms with E-state index in [0.717, 1.165) is 93.6 Å². The van der Waals surface area contributed by atoms with Gasteiger partial charge in [-0.15, -0.1) is 0 Å². The third-order valence-electron chi connectivity index (χ3n) is 14.1. The predicted molar refractivity (Wildman–Crippen MR) is 299 cm³/mol. The van der Waals surface area contributed by atoms with Gasteiger partial charge in [-0.3, -0.25) is 0 Å². The number of hydrogen-bond acceptors (Lipinski definition) is 2. The summed E-state index contributed by atoms with van der Waals surface area (Å²) in [6.07, 6.45) is 0. The molecule has 2 heterocycles. The first kappa shape index (κ1) is 36.6. The Labute approximate surface area is 417 Å². The Bertz CT molecular complexity index is 4510. The van der Waals surface area contributed by atoms with Crippen molar-refractivity contribution < 1.29 is 9.90 Å². The lowest BCUT2D eigenvalue weighted by Crippen LogP contribution is -2.11. The molecule has 14 rings (SSSR count). The lowest BCUT2D eigenvalue weighted by molar-refractivity contribution is 0.669. The third-order valence-corrected chi connectivity index (χ3v) is 14.1. The number of nitrogens with zero attached hydrogens (tertiary/aromatic N) is 2. The van der Waals surface area contributed by atoms with E-state index in [1.54, 1.807) is 0 Å². The number of anilines is 3. The van der Waals surface area contributed by atoms with Gasteiger partial charge in [0.1, 0.15) is 11.2 Å². The fraction of sp³-hybridized carbons (Fsp3) is 0. The molecule has 71 heavy (non-hydrogen) atoms. The van der Waals surface area contributed by atoms with Crippen molar-refractivity contribution in [1.29, 1.82) is 0 Å². The monoisotopic (exact) mass is 908 g/mol. The van der Waals surface area contributed by atoms with E-state index in [0.29, 0.717) is 16.9 Å². The number of aromatic nitrogens is 1. The first-order valence-corrected chi connectivity index (χ1v) is 24.0. The van der Waals surface area contributed by atoms with Crippen molar-refractivity contribution in [3.8, 4) is 50.2 Å². The Balaban J connectivity index is 0.930. The van der Waals surface area contributed by atoms with Gasteiger partial charge in [-0.1, -0.05) is 194 Å². The van der Waals surface area contributed by atoms with Gasteiger partial charge in [0.2, 0.25) is 0 Å². The molecule has 0 saturated carbocycles. The number of furan rings is 1. The van der Waals surface area contributed by atoms with Crippen molar-refractivity contribution in [1.82, 2.24) is 4.57 Å². The Hall–Kier alpha value is -9.44. The van der Waals surface area contributed by atoms with Crippen LogP contribution in [0.2, 0.25) is 0 Å². The van der Waals surface area contributed by atoms with E-state index in [9.17, 15) is 5.48 Å². The maximum atomic E-state index is 9.92. The summed E-state index contributed by atoms with van der Waals surface area (Å²) in [5.74, 6) is 0. The summed E-state index contributed by atoms with van der Waals surface area (Å²) in [6.45, 7) is 0. The molecule has 0 bridgehead atoms. The highest BCUT2D eigenvalue weighted by atomic mass is 16.3. The lowest BCUT2D eigenvalue weighted by atomic mass is 9.95. The van der Waals surface area contributed by atoms with Crippen molar-refractivity contribution >= 4 is 82.4 Å². The molecular weight excluding hydrogens is 861 g/mol. The fourth-order valence-electron chi connectivity index (χ4n) is 10.7. The van der Waals surface area contributed by atoms with Crippen LogP contribution in [0.5, 0.6) is 0 Å². The summed E-state index contributed by atoms with van der Waals surface area (Å²) in [6, 6.07) is 82.3. The molecule has 0 unspecified atom stereocenters. The standard InChI is InChI=1S/C68H44N2O/c1-2-16-52-44-67-62(43-51(52)15-1)68-61(25-13-29-66(68)71-67)60-23-7-8-26-63(60)69(53-38-34-46(35-39-53)45-30-32-49(33-31-45)57-24-12-17-48-14-3-4-20-56(48)57)54-40-36-47(37-41-54)50-18-11-19-55(42-50)70-64-27-9-5-21-58(64)59-22-6-10-28-65(59)70/h1-44H/i34D,35D,38D,39D. The lowest BCUT2D eigenvalue weighted by Gasteiger charge is -2.28. The highest BCUT2D eigenvalue weighted by molar-refractivity contribution is 6.17. The van der Waals surface area contributed by atoms with Crippen LogP contribution in [0.3, 0.4) is 0 Å². The van der Waals surface area contributed by atoms with Crippen LogP contribution in [0.4, 0.5) is 17.1 Å². The van der Waals surface area contributed by atoms with Crippen LogP contribution in [0.1, 0.15) is 5.48 Å². The van der Waals surface area contributed by atoms with Crippen LogP contribution in [0.25, 0.3) is 115 Å². The Morgan fingerprint density at radius 1 is 0.338 bits per heavy atom. The van der Waals surface area contributed by atoms with Gasteiger partial charge in [0.15, 0.2) is 0 Å². The molecule has 332 valence electrons. The van der Waals surface area contributed by atoms with Gasteiger partial charge in [-0.25, -0.2) is 0 Å². The Kier molecular flexibility index (Phi) is 8.58. The van der Waals surface area contributed by atoms with Gasteiger partial charge >= 0.3 is 0 Å². The van der Waals surface area contributed by atoms with Crippen LogP contribution in [0, 0.1) is 0 Å². The molecule has 0 atom stereocenters. The van der Waals surface area contributed by atoms with Crippen molar-refractivity contribution in [2.45, 2.75) is 0 Å². The number of rotatable bonds is 8. The van der Waals surface area contributed by atoms with E-state index in [-0.39, 0.29) is 35.4 Å². The first-order valence-electron chi connectivity index (χ1n) is 26.0. The highest BCUT2D eigenvalue weighted by Gasteiger charge is 2.21. The van der Waals surface area contributed by atoms with Crippen molar-refractivity contribution in [3.05, 3.63) is 267 Å². The third kappa shape index (κ3) is 6.89. The molecule has 14 aromatic rings. The SMILES string of the molecule is [2H]c1c([2H])c(N(c2ccc(-c3cccc(-n4c5ccccc5c5ccccc54)c3)cc2)c2ccccc2-c2cccc3oc4cc5ccccc5cc4c23)c([2H])c([2H])c1-c1ccc(-c2cccc3ccccc23)cc1. The molecule has 0 radical (unpaired) electrons. The summed E-state index contributed by atoms with van der Waals surface area (Å²) in [4.78, 5) is 1.90. The van der Waals surface area contributed by atoms with Crippen LogP contribution < -0.4 is 4.90 Å². The van der Waals surface area contributed by atoms with Gasteiger partial charge in [0, 0.05) is 44.2 Å². The first-order chi connectivity index (χ1) is 36.9. The van der Waals surface area contributed by atoms with E-state index in [2.05, 4.69) is 156 Å². The molecule has 0 saturated heterocycles. The molecule has 2 aromatic heterocycles. The summed E-state index contributed by atoms with van der Waals surface area (Å²) < 4.78 is 48.2. The maximum absolute atomic E-state index is 9.92. The Morgan fingerprint density at radius 3 is 1.68 bits per heavy atom. The minimum Gasteiger partial charge on any atom is -0.456 e. The zero-order chi connectivity index (χ0) is 50.3. The summed E-state index contributed by atoms with van der Waals surface area (Å²) >= 11 is 0. The second-order valence-corrected chi connectivity index (χ2v) is 18.1. The molecule has 0 spiro atoms. The molecular formula is C68H44N2O. The zero-order valence-electron chi connectivity index (χ0n) is 42.4. The minimum absolute atomic E-state index is 0.125. The van der Waals surface area contributed by atoms with Gasteiger partial charge in [0.05, 0.1) is 22.2 Å². The minimum atomic E-state index is -0.152. The normalized spacial score (nSPS) is 12.5. The Morgan fingerprint density at radius 2 is 0.901 bits per heavy atom. The number of fused-ring (bicyclic) bond motifs is 8. The smallest absolute Gasteiger partial charge is 0.136 e. The quantitative estimate of drug-likeness (QED) is 0.151. The summed E-state index contributed by atoms with van der Waals surface area (Å²) in [5, 5.41) is 8.80. The van der Waals surface area contributed by atoms with Gasteiger partial charge in [-0.2, -0.15) is 0 Å². The maximum Gasteiger partial charge on any atom is 0.136 e. The van der Waals surface area contributed by atoms with Gasteiger partial charge in [0.25, 0.3) is 0 Å². The predicted octanol–water partition coefficient (Wildman–Crippen LogP) is 19.1. The molecule has 0 N–H and O–H groups in total. The van der Waals surface area contributed by atoms with E-state index < -0.39 is 0 Å². The van der Waals surface area contributed by atoms with E-state index in [1.165, 1.54) is 10.8 Å². The fourth-order valence-corrected chi connectivity index (χ4v) is 10.7. The molecule has 0 aliphatic rings. The molecule has 3 nitrogen and oxygen atoms in total.